The first-order valence-corrected chi connectivity index (χ1v) is 10.6. The molecule has 1 unspecified atom stereocenters. The van der Waals surface area contributed by atoms with E-state index in [1.54, 1.807) is 19.2 Å². The van der Waals surface area contributed by atoms with Crippen molar-refractivity contribution in [2.45, 2.75) is 44.6 Å². The van der Waals surface area contributed by atoms with Crippen LogP contribution in [0.15, 0.2) is 27.7 Å². The molecule has 2 fully saturated rings. The first-order valence-electron chi connectivity index (χ1n) is 9.76. The zero-order valence-electron chi connectivity index (χ0n) is 15.8. The van der Waals surface area contributed by atoms with Gasteiger partial charge in [-0.25, -0.2) is 4.39 Å². The van der Waals surface area contributed by atoms with Gasteiger partial charge in [0.25, 0.3) is 0 Å². The van der Waals surface area contributed by atoms with Crippen LogP contribution in [0.2, 0.25) is 0 Å². The van der Waals surface area contributed by atoms with Crippen molar-refractivity contribution in [1.82, 2.24) is 15.5 Å². The van der Waals surface area contributed by atoms with E-state index >= 15 is 0 Å². The molecule has 5 nitrogen and oxygen atoms in total. The fraction of sp³-hybridized carbons (Fsp3) is 0.600. The van der Waals surface area contributed by atoms with Crippen LogP contribution in [0.5, 0.6) is 0 Å². The number of hydrogen-bond donors (Lipinski definition) is 2. The molecule has 0 spiro atoms. The van der Waals surface area contributed by atoms with Gasteiger partial charge in [-0.2, -0.15) is 0 Å². The number of nitrogens with one attached hydrogen (secondary N) is 2. The van der Waals surface area contributed by atoms with Crippen molar-refractivity contribution in [3.63, 3.8) is 0 Å². The minimum absolute atomic E-state index is 0.238. The van der Waals surface area contributed by atoms with Crippen molar-refractivity contribution in [2.24, 2.45) is 10.9 Å². The van der Waals surface area contributed by atoms with E-state index in [1.165, 1.54) is 18.9 Å². The number of rotatable bonds is 5. The Hall–Kier alpha value is -1.63. The second-order valence-corrected chi connectivity index (χ2v) is 8.25. The quantitative estimate of drug-likeness (QED) is 0.548. The van der Waals surface area contributed by atoms with Crippen molar-refractivity contribution >= 4 is 27.8 Å². The van der Waals surface area contributed by atoms with Crippen LogP contribution < -0.4 is 10.6 Å². The van der Waals surface area contributed by atoms with Crippen LogP contribution in [-0.4, -0.2) is 49.5 Å². The predicted octanol–water partition coefficient (Wildman–Crippen LogP) is 3.09. The van der Waals surface area contributed by atoms with Gasteiger partial charge in [0.1, 0.15) is 5.82 Å². The maximum absolute atomic E-state index is 13.3. The van der Waals surface area contributed by atoms with Gasteiger partial charge in [0.05, 0.1) is 4.47 Å². The molecule has 148 valence electrons. The highest BCUT2D eigenvalue weighted by Crippen LogP contribution is 2.27. The summed E-state index contributed by atoms with van der Waals surface area (Å²) in [7, 11) is 1.75. The van der Waals surface area contributed by atoms with Gasteiger partial charge in [0.15, 0.2) is 5.96 Å². The van der Waals surface area contributed by atoms with E-state index in [1.807, 2.05) is 4.90 Å². The number of likely N-dealkylation sites (tertiary alicyclic amines) is 1. The fourth-order valence-electron chi connectivity index (χ4n) is 3.92. The van der Waals surface area contributed by atoms with E-state index in [0.29, 0.717) is 16.9 Å². The average molecular weight is 439 g/mol. The van der Waals surface area contributed by atoms with E-state index in [4.69, 9.17) is 0 Å². The van der Waals surface area contributed by atoms with Crippen LogP contribution in [0, 0.1) is 11.7 Å². The molecule has 1 heterocycles. The molecule has 0 bridgehead atoms. The molecule has 0 aromatic heterocycles. The predicted molar refractivity (Wildman–Crippen MR) is 109 cm³/mol. The maximum atomic E-state index is 13.3. The van der Waals surface area contributed by atoms with Gasteiger partial charge in [0.2, 0.25) is 5.91 Å². The summed E-state index contributed by atoms with van der Waals surface area (Å²) in [6, 6.07) is 5.31. The number of aliphatic imine (C=N–C) groups is 1. The van der Waals surface area contributed by atoms with Crippen LogP contribution in [0.3, 0.4) is 0 Å². The Balaban J connectivity index is 1.42. The van der Waals surface area contributed by atoms with Crippen LogP contribution in [-0.2, 0) is 11.2 Å². The summed E-state index contributed by atoms with van der Waals surface area (Å²) < 4.78 is 13.8. The van der Waals surface area contributed by atoms with Crippen LogP contribution >= 0.6 is 15.9 Å². The van der Waals surface area contributed by atoms with Crippen molar-refractivity contribution in [3.05, 3.63) is 34.1 Å². The summed E-state index contributed by atoms with van der Waals surface area (Å²) in [5, 5.41) is 6.73. The Kier molecular flexibility index (Phi) is 7.10. The second-order valence-electron chi connectivity index (χ2n) is 7.39. The Morgan fingerprint density at radius 3 is 2.81 bits per heavy atom. The summed E-state index contributed by atoms with van der Waals surface area (Å²) in [6.07, 6.45) is 6.20. The van der Waals surface area contributed by atoms with Crippen molar-refractivity contribution in [3.8, 4) is 0 Å². The SMILES string of the molecule is CN=C(NCCc1ccc(F)c(Br)c1)NC1CCN(C(=O)C2CCCC2)C1. The molecule has 2 aliphatic rings. The zero-order valence-corrected chi connectivity index (χ0v) is 17.4. The molecule has 1 aliphatic heterocycles. The average Bonchev–Trinajstić information content (AvgIpc) is 3.35. The van der Waals surface area contributed by atoms with Crippen molar-refractivity contribution < 1.29 is 9.18 Å². The molecule has 0 radical (unpaired) electrons. The third kappa shape index (κ3) is 5.43. The van der Waals surface area contributed by atoms with Gasteiger partial charge in [-0.05, 0) is 59.3 Å². The van der Waals surface area contributed by atoms with E-state index in [0.717, 1.165) is 50.3 Å². The first-order chi connectivity index (χ1) is 13.1. The number of carbonyl (C=O) groups excluding carboxylic acids is 1. The lowest BCUT2D eigenvalue weighted by molar-refractivity contribution is -0.134. The van der Waals surface area contributed by atoms with Gasteiger partial charge < -0.3 is 15.5 Å². The van der Waals surface area contributed by atoms with E-state index in [2.05, 4.69) is 31.6 Å². The maximum Gasteiger partial charge on any atom is 0.225 e. The molecule has 1 aromatic carbocycles. The fourth-order valence-corrected chi connectivity index (χ4v) is 4.34. The first kappa shape index (κ1) is 20.1. The lowest BCUT2D eigenvalue weighted by Gasteiger charge is -2.21. The van der Waals surface area contributed by atoms with Gasteiger partial charge in [-0.1, -0.05) is 18.9 Å². The molecule has 3 rings (SSSR count). The minimum Gasteiger partial charge on any atom is -0.356 e. The van der Waals surface area contributed by atoms with Gasteiger partial charge >= 0.3 is 0 Å². The Labute approximate surface area is 168 Å². The molecule has 1 aliphatic carbocycles. The number of amides is 1. The largest absolute Gasteiger partial charge is 0.356 e. The Morgan fingerprint density at radius 1 is 1.33 bits per heavy atom. The lowest BCUT2D eigenvalue weighted by atomic mass is 10.1. The Bertz CT molecular complexity index is 691. The Morgan fingerprint density at radius 2 is 2.11 bits per heavy atom. The minimum atomic E-state index is -0.248. The van der Waals surface area contributed by atoms with Crippen molar-refractivity contribution in [1.29, 1.82) is 0 Å². The van der Waals surface area contributed by atoms with Gasteiger partial charge in [-0.15, -0.1) is 0 Å². The molecule has 1 saturated carbocycles. The number of carbonyl (C=O) groups is 1. The van der Waals surface area contributed by atoms with Gasteiger partial charge in [0, 0.05) is 38.6 Å². The number of halogens is 2. The van der Waals surface area contributed by atoms with Crippen LogP contribution in [0.1, 0.15) is 37.7 Å². The number of nitrogens with zero attached hydrogens (tertiary/aromatic N) is 2. The molecule has 1 aromatic rings. The van der Waals surface area contributed by atoms with E-state index in [-0.39, 0.29) is 17.8 Å². The van der Waals surface area contributed by atoms with Crippen LogP contribution in [0.25, 0.3) is 0 Å². The topological polar surface area (TPSA) is 56.7 Å². The molecular weight excluding hydrogens is 411 g/mol. The smallest absolute Gasteiger partial charge is 0.225 e. The molecule has 27 heavy (non-hydrogen) atoms. The monoisotopic (exact) mass is 438 g/mol. The van der Waals surface area contributed by atoms with Crippen molar-refractivity contribution in [2.75, 3.05) is 26.7 Å². The normalized spacial score (nSPS) is 20.9. The number of guanidine groups is 1. The van der Waals surface area contributed by atoms with Crippen LogP contribution in [0.4, 0.5) is 4.39 Å². The summed E-state index contributed by atoms with van der Waals surface area (Å²) in [6.45, 7) is 2.28. The molecule has 7 heteroatoms. The molecule has 1 atom stereocenters. The van der Waals surface area contributed by atoms with E-state index in [9.17, 15) is 9.18 Å². The molecule has 1 amide bonds. The number of hydrogen-bond acceptors (Lipinski definition) is 2. The number of benzene rings is 1. The summed E-state index contributed by atoms with van der Waals surface area (Å²) in [5.41, 5.74) is 1.06. The summed E-state index contributed by atoms with van der Waals surface area (Å²) in [4.78, 5) is 18.8. The zero-order chi connectivity index (χ0) is 19.2. The highest BCUT2D eigenvalue weighted by atomic mass is 79.9. The molecule has 2 N–H and O–H groups in total. The third-order valence-corrected chi connectivity index (χ3v) is 6.07. The summed E-state index contributed by atoms with van der Waals surface area (Å²) >= 11 is 3.22. The standard InChI is InChI=1S/C20H28BrFN4O/c1-23-20(24-10-8-14-6-7-18(22)17(21)12-14)25-16-9-11-26(13-16)19(27)15-4-2-3-5-15/h6-7,12,15-16H,2-5,8-11,13H2,1H3,(H2,23,24,25). The lowest BCUT2D eigenvalue weighted by Crippen LogP contribution is -2.45. The van der Waals surface area contributed by atoms with E-state index < -0.39 is 0 Å². The third-order valence-electron chi connectivity index (χ3n) is 5.46. The molecular formula is C20H28BrFN4O. The molecule has 1 saturated heterocycles. The highest BCUT2D eigenvalue weighted by molar-refractivity contribution is 9.10. The summed E-state index contributed by atoms with van der Waals surface area (Å²) in [5.74, 6) is 1.08. The van der Waals surface area contributed by atoms with Gasteiger partial charge in [-0.3, -0.25) is 9.79 Å². The highest BCUT2D eigenvalue weighted by Gasteiger charge is 2.32. The second kappa shape index (κ2) is 9.53.